The molecule has 0 bridgehead atoms. The van der Waals surface area contributed by atoms with E-state index >= 15 is 0 Å². The van der Waals surface area contributed by atoms with Crippen LogP contribution in [-0.2, 0) is 11.3 Å². The Kier molecular flexibility index (Phi) is 4.11. The Hall–Kier alpha value is -1.95. The van der Waals surface area contributed by atoms with Gasteiger partial charge in [-0.25, -0.2) is 10.8 Å². The molecule has 3 N–H and O–H groups in total. The number of rotatable bonds is 3. The van der Waals surface area contributed by atoms with Crippen LogP contribution in [0.15, 0.2) is 18.2 Å². The summed E-state index contributed by atoms with van der Waals surface area (Å²) >= 11 is 0. The van der Waals surface area contributed by atoms with Gasteiger partial charge in [0.2, 0.25) is 5.91 Å². The molecule has 2 heterocycles. The van der Waals surface area contributed by atoms with Gasteiger partial charge in [0.15, 0.2) is 0 Å². The SMILES string of the molecule is CC1CCCN(Cc2cccc(C(=O)NN)n2)C1=O. The number of aromatic nitrogens is 1. The van der Waals surface area contributed by atoms with E-state index in [4.69, 9.17) is 5.84 Å². The minimum absolute atomic E-state index is 0.0734. The maximum Gasteiger partial charge on any atom is 0.283 e. The molecule has 0 radical (unpaired) electrons. The highest BCUT2D eigenvalue weighted by Gasteiger charge is 2.25. The Balaban J connectivity index is 2.10. The maximum atomic E-state index is 12.0. The zero-order chi connectivity index (χ0) is 13.8. The van der Waals surface area contributed by atoms with Gasteiger partial charge in [0.05, 0.1) is 12.2 Å². The second kappa shape index (κ2) is 5.79. The second-order valence-electron chi connectivity index (χ2n) is 4.79. The molecule has 0 saturated carbocycles. The molecule has 2 rings (SSSR count). The molecule has 1 aliphatic heterocycles. The van der Waals surface area contributed by atoms with Crippen molar-refractivity contribution in [3.8, 4) is 0 Å². The number of carbonyl (C=O) groups excluding carboxylic acids is 2. The number of carbonyl (C=O) groups is 2. The number of nitrogens with one attached hydrogen (secondary N) is 1. The molecule has 1 fully saturated rings. The Bertz CT molecular complexity index is 489. The Morgan fingerprint density at radius 1 is 1.58 bits per heavy atom. The van der Waals surface area contributed by atoms with Crippen molar-refractivity contribution >= 4 is 11.8 Å². The van der Waals surface area contributed by atoms with Crippen LogP contribution < -0.4 is 11.3 Å². The van der Waals surface area contributed by atoms with Gasteiger partial charge in [0.25, 0.3) is 5.91 Å². The third-order valence-electron chi connectivity index (χ3n) is 3.32. The van der Waals surface area contributed by atoms with E-state index < -0.39 is 5.91 Å². The second-order valence-corrected chi connectivity index (χ2v) is 4.79. The van der Waals surface area contributed by atoms with Gasteiger partial charge in [-0.15, -0.1) is 0 Å². The molecule has 0 spiro atoms. The zero-order valence-corrected chi connectivity index (χ0v) is 10.9. The van der Waals surface area contributed by atoms with Gasteiger partial charge in [-0.05, 0) is 25.0 Å². The van der Waals surface area contributed by atoms with Crippen molar-refractivity contribution in [3.05, 3.63) is 29.6 Å². The van der Waals surface area contributed by atoms with Gasteiger partial charge in [0.1, 0.15) is 5.69 Å². The summed E-state index contributed by atoms with van der Waals surface area (Å²) in [6.07, 6.45) is 1.95. The van der Waals surface area contributed by atoms with Crippen LogP contribution >= 0.6 is 0 Å². The Morgan fingerprint density at radius 2 is 2.37 bits per heavy atom. The van der Waals surface area contributed by atoms with E-state index in [0.29, 0.717) is 12.2 Å². The molecule has 1 aromatic rings. The monoisotopic (exact) mass is 262 g/mol. The molecule has 6 heteroatoms. The molecular formula is C13H18N4O2. The van der Waals surface area contributed by atoms with Crippen molar-refractivity contribution in [2.24, 2.45) is 11.8 Å². The number of hydrazine groups is 1. The smallest absolute Gasteiger partial charge is 0.283 e. The van der Waals surface area contributed by atoms with Gasteiger partial charge in [-0.1, -0.05) is 13.0 Å². The van der Waals surface area contributed by atoms with Gasteiger partial charge >= 0.3 is 0 Å². The summed E-state index contributed by atoms with van der Waals surface area (Å²) in [7, 11) is 0. The van der Waals surface area contributed by atoms with Crippen molar-refractivity contribution < 1.29 is 9.59 Å². The molecule has 1 saturated heterocycles. The molecule has 1 unspecified atom stereocenters. The highest BCUT2D eigenvalue weighted by atomic mass is 16.2. The lowest BCUT2D eigenvalue weighted by Crippen LogP contribution is -2.39. The summed E-state index contributed by atoms with van der Waals surface area (Å²) in [5.41, 5.74) is 3.01. The third kappa shape index (κ3) is 3.08. The van der Waals surface area contributed by atoms with Crippen LogP contribution in [0.1, 0.15) is 35.9 Å². The highest BCUT2D eigenvalue weighted by Crippen LogP contribution is 2.18. The van der Waals surface area contributed by atoms with E-state index in [1.165, 1.54) is 0 Å². The molecule has 0 aromatic carbocycles. The largest absolute Gasteiger partial charge is 0.337 e. The number of amides is 2. The van der Waals surface area contributed by atoms with Gasteiger partial charge in [-0.3, -0.25) is 15.0 Å². The number of likely N-dealkylation sites (tertiary alicyclic amines) is 1. The van der Waals surface area contributed by atoms with Gasteiger partial charge in [-0.2, -0.15) is 0 Å². The van der Waals surface area contributed by atoms with Crippen LogP contribution in [0.4, 0.5) is 0 Å². The summed E-state index contributed by atoms with van der Waals surface area (Å²) in [5, 5.41) is 0. The first-order valence-corrected chi connectivity index (χ1v) is 6.37. The van der Waals surface area contributed by atoms with E-state index in [1.807, 2.05) is 12.3 Å². The number of pyridine rings is 1. The molecule has 0 aliphatic carbocycles. The minimum atomic E-state index is -0.430. The molecule has 6 nitrogen and oxygen atoms in total. The van der Waals surface area contributed by atoms with Crippen LogP contribution in [0.5, 0.6) is 0 Å². The lowest BCUT2D eigenvalue weighted by molar-refractivity contribution is -0.138. The first-order chi connectivity index (χ1) is 9.11. The standard InChI is InChI=1S/C13H18N4O2/c1-9-4-3-7-17(13(9)19)8-10-5-2-6-11(15-10)12(18)16-14/h2,5-6,9H,3-4,7-8,14H2,1H3,(H,16,18). The number of hydrogen-bond donors (Lipinski definition) is 2. The van der Waals surface area contributed by atoms with Crippen molar-refractivity contribution in [1.29, 1.82) is 0 Å². The first-order valence-electron chi connectivity index (χ1n) is 6.37. The van der Waals surface area contributed by atoms with Crippen molar-refractivity contribution in [1.82, 2.24) is 15.3 Å². The normalized spacial score (nSPS) is 19.4. The van der Waals surface area contributed by atoms with E-state index in [2.05, 4.69) is 4.98 Å². The summed E-state index contributed by atoms with van der Waals surface area (Å²) in [5.74, 6) is 4.87. The Labute approximate surface area is 112 Å². The highest BCUT2D eigenvalue weighted by molar-refractivity contribution is 5.91. The van der Waals surface area contributed by atoms with Crippen molar-refractivity contribution in [3.63, 3.8) is 0 Å². The first kappa shape index (κ1) is 13.5. The lowest BCUT2D eigenvalue weighted by atomic mass is 9.99. The lowest BCUT2D eigenvalue weighted by Gasteiger charge is -2.30. The molecule has 1 atom stereocenters. The van der Waals surface area contributed by atoms with Crippen LogP contribution in [0.25, 0.3) is 0 Å². The maximum absolute atomic E-state index is 12.0. The quantitative estimate of drug-likeness (QED) is 0.470. The predicted molar refractivity (Wildman–Crippen MR) is 69.7 cm³/mol. The third-order valence-corrected chi connectivity index (χ3v) is 3.32. The number of nitrogens with zero attached hydrogens (tertiary/aromatic N) is 2. The van der Waals surface area contributed by atoms with E-state index in [1.54, 1.807) is 23.1 Å². The summed E-state index contributed by atoms with van der Waals surface area (Å²) < 4.78 is 0. The number of piperidine rings is 1. The zero-order valence-electron chi connectivity index (χ0n) is 10.9. The van der Waals surface area contributed by atoms with Crippen LogP contribution in [0, 0.1) is 5.92 Å². The summed E-state index contributed by atoms with van der Waals surface area (Å²) in [4.78, 5) is 29.4. The number of nitrogens with two attached hydrogens (primary N) is 1. The van der Waals surface area contributed by atoms with E-state index in [0.717, 1.165) is 19.4 Å². The fourth-order valence-electron chi connectivity index (χ4n) is 2.25. The van der Waals surface area contributed by atoms with Gasteiger partial charge < -0.3 is 4.90 Å². The number of nitrogen functional groups attached to an aromatic ring is 1. The molecule has 1 aliphatic rings. The topological polar surface area (TPSA) is 88.3 Å². The predicted octanol–water partition coefficient (Wildman–Crippen LogP) is 0.444. The van der Waals surface area contributed by atoms with Gasteiger partial charge in [0, 0.05) is 12.5 Å². The van der Waals surface area contributed by atoms with E-state index in [-0.39, 0.29) is 17.5 Å². The minimum Gasteiger partial charge on any atom is -0.337 e. The van der Waals surface area contributed by atoms with Crippen LogP contribution in [0.3, 0.4) is 0 Å². The molecular weight excluding hydrogens is 244 g/mol. The average molecular weight is 262 g/mol. The number of hydrogen-bond acceptors (Lipinski definition) is 4. The molecule has 102 valence electrons. The average Bonchev–Trinajstić information content (AvgIpc) is 2.43. The van der Waals surface area contributed by atoms with Crippen LogP contribution in [0.2, 0.25) is 0 Å². The summed E-state index contributed by atoms with van der Waals surface area (Å²) in [6.45, 7) is 3.13. The molecule has 1 aromatic heterocycles. The van der Waals surface area contributed by atoms with Crippen molar-refractivity contribution in [2.75, 3.05) is 6.54 Å². The van der Waals surface area contributed by atoms with E-state index in [9.17, 15) is 9.59 Å². The summed E-state index contributed by atoms with van der Waals surface area (Å²) in [6, 6.07) is 5.14. The van der Waals surface area contributed by atoms with Crippen LogP contribution in [-0.4, -0.2) is 28.2 Å². The Morgan fingerprint density at radius 3 is 3.11 bits per heavy atom. The fraction of sp³-hybridized carbons (Fsp3) is 0.462. The van der Waals surface area contributed by atoms with Crippen molar-refractivity contribution in [2.45, 2.75) is 26.3 Å². The molecule has 19 heavy (non-hydrogen) atoms. The fourth-order valence-corrected chi connectivity index (χ4v) is 2.25. The molecule has 2 amide bonds.